The van der Waals surface area contributed by atoms with E-state index < -0.39 is 6.10 Å². The molecule has 30 heavy (non-hydrogen) atoms. The maximum atomic E-state index is 13.0. The number of hydrogen-bond acceptors (Lipinski definition) is 5. The van der Waals surface area contributed by atoms with Gasteiger partial charge in [0.15, 0.2) is 6.10 Å². The van der Waals surface area contributed by atoms with E-state index in [1.165, 1.54) is 11.8 Å². The Morgan fingerprint density at radius 1 is 1.07 bits per heavy atom. The van der Waals surface area contributed by atoms with Crippen LogP contribution in [0.25, 0.3) is 0 Å². The molecule has 1 fully saturated rings. The van der Waals surface area contributed by atoms with Crippen LogP contribution in [-0.2, 0) is 20.1 Å². The Hall–Kier alpha value is -2.22. The lowest BCUT2D eigenvalue weighted by Crippen LogP contribution is -2.54. The topological polar surface area (TPSA) is 59.1 Å². The molecule has 0 aliphatic carbocycles. The number of benzene rings is 2. The minimum atomic E-state index is -0.705. The van der Waals surface area contributed by atoms with Gasteiger partial charge in [-0.3, -0.25) is 9.59 Å². The van der Waals surface area contributed by atoms with Gasteiger partial charge in [0.2, 0.25) is 5.91 Å². The number of rotatable bonds is 5. The van der Waals surface area contributed by atoms with Crippen molar-refractivity contribution < 1.29 is 19.1 Å². The molecule has 0 radical (unpaired) electrons. The van der Waals surface area contributed by atoms with Crippen molar-refractivity contribution in [3.63, 3.8) is 0 Å². The second-order valence-corrected chi connectivity index (χ2v) is 8.56. The number of ether oxygens (including phenoxy) is 2. The number of morpholine rings is 1. The van der Waals surface area contributed by atoms with Crippen molar-refractivity contribution in [1.29, 1.82) is 0 Å². The molecule has 0 N–H and O–H groups in total. The summed E-state index contributed by atoms with van der Waals surface area (Å²) in [6.07, 6.45) is -0.705. The molecule has 2 amide bonds. The number of anilines is 1. The number of carbonyl (C=O) groups is 2. The van der Waals surface area contributed by atoms with Gasteiger partial charge in [-0.2, -0.15) is 0 Å². The van der Waals surface area contributed by atoms with Crippen molar-refractivity contribution in [3.05, 3.63) is 59.1 Å². The van der Waals surface area contributed by atoms with Crippen molar-refractivity contribution >= 4 is 40.9 Å². The Kier molecular flexibility index (Phi) is 6.82. The molecule has 2 aliphatic heterocycles. The van der Waals surface area contributed by atoms with Crippen LogP contribution >= 0.6 is 23.4 Å². The molecule has 0 bridgehead atoms. The predicted octanol–water partition coefficient (Wildman–Crippen LogP) is 3.23. The largest absolute Gasteiger partial charge is 0.476 e. The second kappa shape index (κ2) is 9.73. The van der Waals surface area contributed by atoms with Gasteiger partial charge in [0, 0.05) is 23.9 Å². The number of amides is 2. The van der Waals surface area contributed by atoms with Gasteiger partial charge in [0.1, 0.15) is 5.75 Å². The van der Waals surface area contributed by atoms with Crippen LogP contribution < -0.4 is 9.64 Å². The number of fused-ring (bicyclic) bond motifs is 1. The summed E-state index contributed by atoms with van der Waals surface area (Å²) >= 11 is 7.46. The van der Waals surface area contributed by atoms with Crippen molar-refractivity contribution in [2.45, 2.75) is 11.9 Å². The van der Waals surface area contributed by atoms with E-state index in [0.717, 1.165) is 5.56 Å². The van der Waals surface area contributed by atoms with Crippen molar-refractivity contribution in [3.8, 4) is 5.75 Å². The van der Waals surface area contributed by atoms with Crippen LogP contribution in [0.15, 0.2) is 48.5 Å². The lowest BCUT2D eigenvalue weighted by molar-refractivity contribution is -0.142. The smallest absolute Gasteiger partial charge is 0.265 e. The fraction of sp³-hybridized carbons (Fsp3) is 0.364. The first-order valence-corrected chi connectivity index (χ1v) is 11.4. The maximum absolute atomic E-state index is 13.0. The summed E-state index contributed by atoms with van der Waals surface area (Å²) in [6.45, 7) is 2.36. The third kappa shape index (κ3) is 4.91. The second-order valence-electron chi connectivity index (χ2n) is 7.14. The summed E-state index contributed by atoms with van der Waals surface area (Å²) < 4.78 is 11.3. The third-order valence-electron chi connectivity index (χ3n) is 5.08. The first kappa shape index (κ1) is 21.0. The van der Waals surface area contributed by atoms with Gasteiger partial charge in [-0.15, -0.1) is 11.8 Å². The maximum Gasteiger partial charge on any atom is 0.265 e. The van der Waals surface area contributed by atoms with Gasteiger partial charge in [-0.05, 0) is 29.8 Å². The lowest BCUT2D eigenvalue weighted by Gasteiger charge is -2.37. The minimum absolute atomic E-state index is 0.0375. The fourth-order valence-electron chi connectivity index (χ4n) is 3.50. The first-order chi connectivity index (χ1) is 14.6. The minimum Gasteiger partial charge on any atom is -0.476 e. The van der Waals surface area contributed by atoms with E-state index in [-0.39, 0.29) is 18.4 Å². The predicted molar refractivity (Wildman–Crippen MR) is 118 cm³/mol. The monoisotopic (exact) mass is 446 g/mol. The van der Waals surface area contributed by atoms with Crippen LogP contribution in [0, 0.1) is 0 Å². The van der Waals surface area contributed by atoms with E-state index in [4.69, 9.17) is 21.1 Å². The van der Waals surface area contributed by atoms with Gasteiger partial charge in [-0.1, -0.05) is 35.9 Å². The Labute approximate surface area is 185 Å². The SMILES string of the molecule is O=C(C1CN(C(=O)CSCc2ccc(Cl)cc2)c2ccccc2O1)N1CCOCC1. The van der Waals surface area contributed by atoms with Crippen LogP contribution in [-0.4, -0.2) is 61.4 Å². The molecule has 0 spiro atoms. The number of nitrogens with zero attached hydrogens (tertiary/aromatic N) is 2. The molecule has 2 aromatic carbocycles. The highest BCUT2D eigenvalue weighted by Gasteiger charge is 2.36. The lowest BCUT2D eigenvalue weighted by atomic mass is 10.1. The van der Waals surface area contributed by atoms with Gasteiger partial charge in [0.25, 0.3) is 5.91 Å². The van der Waals surface area contributed by atoms with E-state index in [1.54, 1.807) is 15.9 Å². The summed E-state index contributed by atoms with van der Waals surface area (Å²) in [6, 6.07) is 15.0. The van der Waals surface area contributed by atoms with E-state index >= 15 is 0 Å². The molecule has 1 atom stereocenters. The molecule has 6 nitrogen and oxygen atoms in total. The standard InChI is InChI=1S/C22H23ClN2O4S/c23-17-7-5-16(6-8-17)14-30-15-21(26)25-13-20(22(27)24-9-11-28-12-10-24)29-19-4-2-1-3-18(19)25/h1-8,20H,9-15H2. The zero-order valence-electron chi connectivity index (χ0n) is 16.5. The van der Waals surface area contributed by atoms with Gasteiger partial charge >= 0.3 is 0 Å². The average Bonchev–Trinajstić information content (AvgIpc) is 2.79. The zero-order valence-corrected chi connectivity index (χ0v) is 18.0. The van der Waals surface area contributed by atoms with Crippen LogP contribution in [0.3, 0.4) is 0 Å². The summed E-state index contributed by atoms with van der Waals surface area (Å²) in [5.74, 6) is 1.45. The molecular weight excluding hydrogens is 424 g/mol. The van der Waals surface area contributed by atoms with Crippen molar-refractivity contribution in [2.75, 3.05) is 43.5 Å². The number of carbonyl (C=O) groups excluding carboxylic acids is 2. The molecule has 8 heteroatoms. The van der Waals surface area contributed by atoms with Crippen molar-refractivity contribution in [1.82, 2.24) is 4.90 Å². The fourth-order valence-corrected chi connectivity index (χ4v) is 4.49. The summed E-state index contributed by atoms with van der Waals surface area (Å²) in [4.78, 5) is 29.4. The van der Waals surface area contributed by atoms with Crippen molar-refractivity contribution in [2.24, 2.45) is 0 Å². The highest BCUT2D eigenvalue weighted by atomic mass is 35.5. The number of hydrogen-bond donors (Lipinski definition) is 0. The molecule has 1 saturated heterocycles. The van der Waals surface area contributed by atoms with E-state index in [1.807, 2.05) is 42.5 Å². The van der Waals surface area contributed by atoms with E-state index in [9.17, 15) is 9.59 Å². The molecule has 0 aromatic heterocycles. The number of halogens is 1. The molecule has 158 valence electrons. The van der Waals surface area contributed by atoms with Crippen LogP contribution in [0.4, 0.5) is 5.69 Å². The van der Waals surface area contributed by atoms with Gasteiger partial charge < -0.3 is 19.3 Å². The van der Waals surface area contributed by atoms with E-state index in [2.05, 4.69) is 0 Å². The Morgan fingerprint density at radius 2 is 1.80 bits per heavy atom. The normalized spacial score (nSPS) is 18.5. The van der Waals surface area contributed by atoms with Crippen LogP contribution in [0.1, 0.15) is 5.56 Å². The Morgan fingerprint density at radius 3 is 2.57 bits per heavy atom. The average molecular weight is 447 g/mol. The quantitative estimate of drug-likeness (QED) is 0.705. The molecule has 1 unspecified atom stereocenters. The molecule has 2 aliphatic rings. The van der Waals surface area contributed by atoms with Gasteiger partial charge in [-0.25, -0.2) is 0 Å². The highest BCUT2D eigenvalue weighted by Crippen LogP contribution is 2.34. The van der Waals surface area contributed by atoms with Crippen LogP contribution in [0.2, 0.25) is 5.02 Å². The highest BCUT2D eigenvalue weighted by molar-refractivity contribution is 7.99. The third-order valence-corrected chi connectivity index (χ3v) is 6.32. The summed E-state index contributed by atoms with van der Waals surface area (Å²) in [5.41, 5.74) is 1.82. The zero-order chi connectivity index (χ0) is 20.9. The molecular formula is C22H23ClN2O4S. The Bertz CT molecular complexity index is 902. The van der Waals surface area contributed by atoms with Gasteiger partial charge in [0.05, 0.1) is 31.2 Å². The molecule has 2 aromatic rings. The van der Waals surface area contributed by atoms with Crippen LogP contribution in [0.5, 0.6) is 5.75 Å². The van der Waals surface area contributed by atoms with E-state index in [0.29, 0.717) is 54.3 Å². The number of thioether (sulfide) groups is 1. The molecule has 4 rings (SSSR count). The molecule has 0 saturated carbocycles. The Balaban J connectivity index is 1.43. The summed E-state index contributed by atoms with van der Waals surface area (Å²) in [5, 5.41) is 0.695. The number of para-hydroxylation sites is 2. The summed E-state index contributed by atoms with van der Waals surface area (Å²) in [7, 11) is 0. The first-order valence-electron chi connectivity index (χ1n) is 9.86. The molecule has 2 heterocycles.